The Morgan fingerprint density at radius 1 is 0.917 bits per heavy atom. The summed E-state index contributed by atoms with van der Waals surface area (Å²) in [6.07, 6.45) is 6.41. The molecular weight excluding hydrogens is 699 g/mol. The number of ether oxygens (including phenoxy) is 3. The van der Waals surface area contributed by atoms with Crippen LogP contribution in [0, 0.1) is 13.0 Å². The molecule has 10 heteroatoms. The summed E-state index contributed by atoms with van der Waals surface area (Å²) in [6, 6.07) is 16.3. The second-order valence-electron chi connectivity index (χ2n) is 12.3. The van der Waals surface area contributed by atoms with Crippen LogP contribution in [-0.2, 0) is 65.0 Å². The van der Waals surface area contributed by atoms with E-state index in [0.29, 0.717) is 48.9 Å². The van der Waals surface area contributed by atoms with E-state index in [4.69, 9.17) is 17.0 Å². The number of carbonyl (C=O) groups excluding carboxylic acids is 2. The standard InChI is InChI=1S/C37H36N3O5.CH4S.Y/c1-22-10-28-9-8-27-14-33(24(3)12-30(27)36(41)39(28)18-22)44-20-25-6-5-7-26(13-25)21-45-35-16-32-31(15-34(35)43-4)37(42)40-19-23(2)11-29(40)17-38-32;1-2;/h6-7,12-17,28-29H,1-2,8-11,18-21H2,3-4H3;2H,1H3;/q-1;;/p-1/t28-,29+;;/m1../s1/i1T,2T;;. The van der Waals surface area contributed by atoms with Crippen LogP contribution in [0.1, 0.15) is 65.0 Å². The molecule has 2 fully saturated rings. The molecule has 247 valence electrons. The molecule has 0 spiro atoms. The average Bonchev–Trinajstić information content (AvgIpc) is 3.70. The number of aliphatic imine (C=N–C) groups is 1. The molecule has 3 aromatic carbocycles. The molecule has 0 unspecified atom stereocenters. The van der Waals surface area contributed by atoms with Crippen molar-refractivity contribution >= 4 is 36.3 Å². The Morgan fingerprint density at radius 3 is 2.33 bits per heavy atom. The average molecular weight is 743 g/mol. The predicted molar refractivity (Wildman–Crippen MR) is 185 cm³/mol. The molecule has 4 aliphatic rings. The van der Waals surface area contributed by atoms with E-state index in [-0.39, 0.29) is 63.2 Å². The molecule has 4 aliphatic heterocycles. The van der Waals surface area contributed by atoms with Gasteiger partial charge in [0.1, 0.15) is 5.75 Å². The second kappa shape index (κ2) is 15.4. The van der Waals surface area contributed by atoms with Gasteiger partial charge >= 0.3 is 0 Å². The number of fused-ring (bicyclic) bond motifs is 4. The number of amides is 2. The van der Waals surface area contributed by atoms with Crippen LogP contribution in [0.25, 0.3) is 0 Å². The molecule has 48 heavy (non-hydrogen) atoms. The molecule has 7 rings (SSSR count). The first-order chi connectivity index (χ1) is 23.8. The summed E-state index contributed by atoms with van der Waals surface area (Å²) in [7, 11) is 1.54. The van der Waals surface area contributed by atoms with Gasteiger partial charge in [-0.15, -0.1) is 11.1 Å². The van der Waals surface area contributed by atoms with Crippen molar-refractivity contribution in [2.45, 2.75) is 57.9 Å². The molecule has 0 saturated carbocycles. The fourth-order valence-electron chi connectivity index (χ4n) is 6.71. The minimum Gasteiger partial charge on any atom is -0.796 e. The monoisotopic (exact) mass is 742 g/mol. The van der Waals surface area contributed by atoms with Crippen LogP contribution in [0.3, 0.4) is 0 Å². The van der Waals surface area contributed by atoms with Crippen molar-refractivity contribution < 1.29 is 59.3 Å². The molecule has 0 aromatic heterocycles. The molecule has 1 radical (unpaired) electrons. The molecule has 8 nitrogen and oxygen atoms in total. The van der Waals surface area contributed by atoms with Crippen LogP contribution < -0.4 is 14.2 Å². The fraction of sp³-hybridized carbons (Fsp3) is 0.342. The third-order valence-corrected chi connectivity index (χ3v) is 9.05. The largest absolute Gasteiger partial charge is 0.796 e. The van der Waals surface area contributed by atoms with Crippen LogP contribution in [0.5, 0.6) is 17.2 Å². The quantitative estimate of drug-likeness (QED) is 0.160. The van der Waals surface area contributed by atoms with E-state index < -0.39 is 0 Å². The molecular formula is C38H39N3O5SY-2. The Hall–Kier alpha value is -3.40. The van der Waals surface area contributed by atoms with Gasteiger partial charge in [0.25, 0.3) is 11.8 Å². The Kier molecular flexibility index (Phi) is 10.7. The minimum absolute atomic E-state index is 0. The number of methoxy groups -OCH3 is 1. The zero-order chi connectivity index (χ0) is 34.7. The summed E-state index contributed by atoms with van der Waals surface area (Å²) in [5.74, 6) is 1.57. The van der Waals surface area contributed by atoms with Crippen LogP contribution >= 0.6 is 0 Å². The van der Waals surface area contributed by atoms with E-state index in [1.165, 1.54) is 13.1 Å². The van der Waals surface area contributed by atoms with Gasteiger partial charge in [0.05, 0.1) is 40.4 Å². The van der Waals surface area contributed by atoms with Crippen LogP contribution in [-0.4, -0.2) is 66.4 Å². The molecule has 0 N–H and O–H groups in total. The topological polar surface area (TPSA) is 80.7 Å². The van der Waals surface area contributed by atoms with Gasteiger partial charge in [-0.25, -0.2) is 0 Å². The maximum atomic E-state index is 13.4. The molecule has 2 amide bonds. The van der Waals surface area contributed by atoms with E-state index in [1.54, 1.807) is 36.6 Å². The van der Waals surface area contributed by atoms with Crippen molar-refractivity contribution in [3.63, 3.8) is 0 Å². The molecule has 0 aliphatic carbocycles. The summed E-state index contributed by atoms with van der Waals surface area (Å²) < 4.78 is 33.2. The van der Waals surface area contributed by atoms with E-state index in [2.05, 4.69) is 23.7 Å². The molecule has 3 aromatic rings. The molecule has 0 bridgehead atoms. The SMILES string of the molecule is C[S-].[3H]C=C1C[C@H]2CCc3cc(OCc4c[c-]cc(COc5cc6c(cc5OC)C(=O)N5CC(=C[3H])C[C@H]5C=N6)c4)c(C)cc3C(=O)N2C1.[Y]. The van der Waals surface area contributed by atoms with Crippen LogP contribution in [0.4, 0.5) is 5.69 Å². The fourth-order valence-corrected chi connectivity index (χ4v) is 6.71. The summed E-state index contributed by atoms with van der Waals surface area (Å²) in [5, 5.41) is 0. The molecule has 2 saturated heterocycles. The summed E-state index contributed by atoms with van der Waals surface area (Å²) in [6.45, 7) is 6.22. The van der Waals surface area contributed by atoms with Gasteiger partial charge < -0.3 is 36.6 Å². The maximum Gasteiger partial charge on any atom is 0.257 e. The molecule has 2 atom stereocenters. The number of nitrogens with zero attached hydrogens (tertiary/aromatic N) is 3. The summed E-state index contributed by atoms with van der Waals surface area (Å²) >= 11 is 4.08. The Morgan fingerprint density at radius 2 is 1.60 bits per heavy atom. The summed E-state index contributed by atoms with van der Waals surface area (Å²) in [5.41, 5.74) is 7.34. The third-order valence-electron chi connectivity index (χ3n) is 9.05. The Labute approximate surface area is 316 Å². The number of hydrogen-bond donors (Lipinski definition) is 0. The van der Waals surface area contributed by atoms with Crippen molar-refractivity contribution in [2.75, 3.05) is 26.5 Å². The second-order valence-corrected chi connectivity index (χ2v) is 12.3. The minimum atomic E-state index is -0.169. The number of rotatable bonds is 7. The number of carbonyl (C=O) groups is 2. The van der Waals surface area contributed by atoms with Gasteiger partial charge in [0.15, 0.2) is 11.5 Å². The zero-order valence-electron chi connectivity index (χ0n) is 29.5. The zero-order valence-corrected chi connectivity index (χ0v) is 31.1. The van der Waals surface area contributed by atoms with E-state index in [9.17, 15) is 9.59 Å². The number of aryl methyl sites for hydroxylation is 2. The van der Waals surface area contributed by atoms with Crippen molar-refractivity contribution in [1.29, 1.82) is 0 Å². The van der Waals surface area contributed by atoms with Crippen molar-refractivity contribution in [3.8, 4) is 17.2 Å². The first-order valence-electron chi connectivity index (χ1n) is 16.8. The van der Waals surface area contributed by atoms with Gasteiger partial charge in [-0.3, -0.25) is 14.6 Å². The Bertz CT molecular complexity index is 1870. The van der Waals surface area contributed by atoms with Gasteiger partial charge in [-0.2, -0.15) is 30.5 Å². The smallest absolute Gasteiger partial charge is 0.257 e. The van der Waals surface area contributed by atoms with Crippen LogP contribution in [0.15, 0.2) is 71.7 Å². The van der Waals surface area contributed by atoms with Gasteiger partial charge in [0, 0.05) is 69.7 Å². The van der Waals surface area contributed by atoms with E-state index in [1.807, 2.05) is 42.2 Å². The first kappa shape index (κ1) is 33.1. The van der Waals surface area contributed by atoms with E-state index >= 15 is 0 Å². The third kappa shape index (κ3) is 7.29. The maximum absolute atomic E-state index is 13.4. The number of hydrogen-bond acceptors (Lipinski definition) is 7. The van der Waals surface area contributed by atoms with Crippen molar-refractivity contribution in [3.05, 3.63) is 106 Å². The normalized spacial score (nSPS) is 21.4. The molecule has 4 heterocycles. The van der Waals surface area contributed by atoms with Crippen molar-refractivity contribution in [2.24, 2.45) is 4.99 Å². The Balaban J connectivity index is 0.00000159. The van der Waals surface area contributed by atoms with Crippen molar-refractivity contribution in [1.82, 2.24) is 9.80 Å². The predicted octanol–water partition coefficient (Wildman–Crippen LogP) is 6.33. The van der Waals surface area contributed by atoms with Gasteiger partial charge in [-0.1, -0.05) is 24.3 Å². The summed E-state index contributed by atoms with van der Waals surface area (Å²) in [4.78, 5) is 35.0. The van der Waals surface area contributed by atoms with Crippen LogP contribution in [0.2, 0.25) is 0 Å². The van der Waals surface area contributed by atoms with Gasteiger partial charge in [-0.05, 0) is 61.9 Å². The van der Waals surface area contributed by atoms with Gasteiger partial charge in [0.2, 0.25) is 0 Å². The van der Waals surface area contributed by atoms with E-state index in [0.717, 1.165) is 64.0 Å². The number of benzene rings is 3. The first-order valence-corrected chi connectivity index (χ1v) is 16.5.